The molecule has 0 aliphatic heterocycles. The van der Waals surface area contributed by atoms with E-state index in [2.05, 4.69) is 15.4 Å². The van der Waals surface area contributed by atoms with E-state index in [1.54, 1.807) is 4.68 Å². The molecule has 1 aromatic rings. The Bertz CT molecular complexity index is 381. The van der Waals surface area contributed by atoms with Crippen LogP contribution in [0.2, 0.25) is 0 Å². The zero-order valence-corrected chi connectivity index (χ0v) is 9.59. The number of alkyl halides is 3. The highest BCUT2D eigenvalue weighted by molar-refractivity contribution is 5.08. The summed E-state index contributed by atoms with van der Waals surface area (Å²) in [5.74, 6) is 0.558. The van der Waals surface area contributed by atoms with Crippen molar-refractivity contribution >= 4 is 0 Å². The molecule has 0 saturated heterocycles. The Kier molecular flexibility index (Phi) is 3.11. The minimum atomic E-state index is -4.18. The second-order valence-electron chi connectivity index (χ2n) is 4.33. The first-order chi connectivity index (χ1) is 7.98. The third kappa shape index (κ3) is 2.43. The van der Waals surface area contributed by atoms with Gasteiger partial charge in [0.15, 0.2) is 0 Å². The maximum Gasteiger partial charge on any atom is 0.406 e. The lowest BCUT2D eigenvalue weighted by molar-refractivity contribution is -0.166. The van der Waals surface area contributed by atoms with Crippen molar-refractivity contribution in [3.8, 4) is 0 Å². The van der Waals surface area contributed by atoms with Gasteiger partial charge < -0.3 is 0 Å². The number of nitrogens with one attached hydrogen (secondary N) is 1. The Morgan fingerprint density at radius 3 is 2.71 bits per heavy atom. The van der Waals surface area contributed by atoms with E-state index in [1.165, 1.54) is 6.33 Å². The Morgan fingerprint density at radius 2 is 2.18 bits per heavy atom. The average molecular weight is 248 g/mol. The van der Waals surface area contributed by atoms with E-state index in [0.717, 1.165) is 6.42 Å². The molecule has 2 rings (SSSR count). The molecule has 1 saturated carbocycles. The average Bonchev–Trinajstić information content (AvgIpc) is 2.93. The van der Waals surface area contributed by atoms with Crippen LogP contribution in [0, 0.1) is 0 Å². The predicted molar refractivity (Wildman–Crippen MR) is 55.2 cm³/mol. The van der Waals surface area contributed by atoms with E-state index in [-0.39, 0.29) is 19.4 Å². The van der Waals surface area contributed by atoms with Crippen molar-refractivity contribution in [3.05, 3.63) is 12.2 Å². The van der Waals surface area contributed by atoms with Crippen molar-refractivity contribution < 1.29 is 13.2 Å². The van der Waals surface area contributed by atoms with Crippen LogP contribution < -0.4 is 5.32 Å². The highest BCUT2D eigenvalue weighted by Crippen LogP contribution is 2.48. The maximum absolute atomic E-state index is 12.7. The van der Waals surface area contributed by atoms with Gasteiger partial charge >= 0.3 is 6.18 Å². The van der Waals surface area contributed by atoms with Crippen LogP contribution in [0.5, 0.6) is 0 Å². The van der Waals surface area contributed by atoms with Crippen LogP contribution in [0.3, 0.4) is 0 Å². The summed E-state index contributed by atoms with van der Waals surface area (Å²) >= 11 is 0. The van der Waals surface area contributed by atoms with E-state index in [0.29, 0.717) is 12.4 Å². The lowest BCUT2D eigenvalue weighted by Gasteiger charge is -2.20. The number of hydrogen-bond donors (Lipinski definition) is 1. The highest BCUT2D eigenvalue weighted by Gasteiger charge is 2.63. The first-order valence-corrected chi connectivity index (χ1v) is 5.67. The van der Waals surface area contributed by atoms with Crippen LogP contribution in [0.1, 0.15) is 32.0 Å². The molecule has 1 N–H and O–H groups in total. The van der Waals surface area contributed by atoms with E-state index in [9.17, 15) is 13.2 Å². The van der Waals surface area contributed by atoms with Crippen molar-refractivity contribution in [2.24, 2.45) is 0 Å². The van der Waals surface area contributed by atoms with Crippen molar-refractivity contribution in [1.82, 2.24) is 20.1 Å². The van der Waals surface area contributed by atoms with Gasteiger partial charge in [0.1, 0.15) is 17.7 Å². The molecule has 1 aliphatic carbocycles. The molecule has 1 heterocycles. The lowest BCUT2D eigenvalue weighted by atomic mass is 10.2. The van der Waals surface area contributed by atoms with Gasteiger partial charge in [0, 0.05) is 6.54 Å². The van der Waals surface area contributed by atoms with Gasteiger partial charge in [-0.2, -0.15) is 18.3 Å². The molecule has 0 amide bonds. The van der Waals surface area contributed by atoms with E-state index >= 15 is 0 Å². The van der Waals surface area contributed by atoms with E-state index < -0.39 is 11.7 Å². The molecule has 1 fully saturated rings. The molecule has 0 spiro atoms. The van der Waals surface area contributed by atoms with Crippen molar-refractivity contribution in [3.63, 3.8) is 0 Å². The lowest BCUT2D eigenvalue weighted by Crippen LogP contribution is -2.44. The van der Waals surface area contributed by atoms with Gasteiger partial charge in [-0.1, -0.05) is 6.92 Å². The first-order valence-electron chi connectivity index (χ1n) is 5.67. The zero-order valence-electron chi connectivity index (χ0n) is 9.59. The minimum absolute atomic E-state index is 0.111. The Balaban J connectivity index is 1.96. The smallest absolute Gasteiger partial charge is 0.296 e. The second kappa shape index (κ2) is 4.29. The zero-order chi connectivity index (χ0) is 12.5. The van der Waals surface area contributed by atoms with Crippen LogP contribution in [0.4, 0.5) is 13.2 Å². The summed E-state index contributed by atoms with van der Waals surface area (Å²) in [4.78, 5) is 3.97. The van der Waals surface area contributed by atoms with Crippen molar-refractivity contribution in [2.75, 3.05) is 0 Å². The summed E-state index contributed by atoms with van der Waals surface area (Å²) in [5, 5.41) is 6.54. The van der Waals surface area contributed by atoms with Crippen LogP contribution in [0.15, 0.2) is 6.33 Å². The molecule has 96 valence electrons. The molecule has 0 radical (unpaired) electrons. The normalized spacial score (nSPS) is 18.4. The third-order valence-corrected chi connectivity index (χ3v) is 3.01. The largest absolute Gasteiger partial charge is 0.406 e. The van der Waals surface area contributed by atoms with Crippen LogP contribution in [0.25, 0.3) is 0 Å². The number of aromatic nitrogens is 3. The molecule has 1 aliphatic rings. The van der Waals surface area contributed by atoms with Crippen LogP contribution >= 0.6 is 0 Å². The van der Waals surface area contributed by atoms with Crippen LogP contribution in [-0.2, 0) is 13.1 Å². The standard InChI is InChI=1S/C10H15F3N4/c1-2-5-17-8(14-7-16-17)6-15-9(3-4-9)10(11,12)13/h7,15H,2-6H2,1H3. The summed E-state index contributed by atoms with van der Waals surface area (Å²) in [6.45, 7) is 2.77. The number of halogens is 3. The highest BCUT2D eigenvalue weighted by atomic mass is 19.4. The summed E-state index contributed by atoms with van der Waals surface area (Å²) in [5.41, 5.74) is -1.68. The molecule has 0 unspecified atom stereocenters. The van der Waals surface area contributed by atoms with Gasteiger partial charge in [0.2, 0.25) is 0 Å². The summed E-state index contributed by atoms with van der Waals surface area (Å²) in [6.07, 6.45) is -1.62. The Hall–Kier alpha value is -1.11. The molecular weight excluding hydrogens is 233 g/mol. The monoisotopic (exact) mass is 248 g/mol. The maximum atomic E-state index is 12.7. The Labute approximate surface area is 97.2 Å². The van der Waals surface area contributed by atoms with Crippen molar-refractivity contribution in [2.45, 2.75) is 51.0 Å². The fourth-order valence-corrected chi connectivity index (χ4v) is 1.76. The summed E-state index contributed by atoms with van der Waals surface area (Å²) < 4.78 is 39.6. The minimum Gasteiger partial charge on any atom is -0.296 e. The van der Waals surface area contributed by atoms with E-state index in [1.807, 2.05) is 6.92 Å². The summed E-state index contributed by atoms with van der Waals surface area (Å²) in [6, 6.07) is 0. The first kappa shape index (κ1) is 12.3. The van der Waals surface area contributed by atoms with Gasteiger partial charge in [-0.3, -0.25) is 5.32 Å². The fraction of sp³-hybridized carbons (Fsp3) is 0.800. The van der Waals surface area contributed by atoms with Crippen LogP contribution in [-0.4, -0.2) is 26.5 Å². The number of hydrogen-bond acceptors (Lipinski definition) is 3. The van der Waals surface area contributed by atoms with Gasteiger partial charge in [0.25, 0.3) is 0 Å². The number of nitrogens with zero attached hydrogens (tertiary/aromatic N) is 3. The molecule has 0 bridgehead atoms. The van der Waals surface area contributed by atoms with Gasteiger partial charge in [-0.05, 0) is 19.3 Å². The SMILES string of the molecule is CCCn1ncnc1CNC1(C(F)(F)F)CC1. The van der Waals surface area contributed by atoms with Gasteiger partial charge in [-0.15, -0.1) is 0 Å². The topological polar surface area (TPSA) is 42.7 Å². The molecule has 7 heteroatoms. The van der Waals surface area contributed by atoms with Gasteiger partial charge in [-0.25, -0.2) is 9.67 Å². The molecule has 0 atom stereocenters. The Morgan fingerprint density at radius 1 is 1.47 bits per heavy atom. The molecule has 17 heavy (non-hydrogen) atoms. The molecular formula is C10H15F3N4. The quantitative estimate of drug-likeness (QED) is 0.865. The third-order valence-electron chi connectivity index (χ3n) is 3.01. The van der Waals surface area contributed by atoms with E-state index in [4.69, 9.17) is 0 Å². The number of aryl methyl sites for hydroxylation is 1. The molecule has 4 nitrogen and oxygen atoms in total. The second-order valence-corrected chi connectivity index (χ2v) is 4.33. The predicted octanol–water partition coefficient (Wildman–Crippen LogP) is 1.87. The van der Waals surface area contributed by atoms with Crippen molar-refractivity contribution in [1.29, 1.82) is 0 Å². The summed E-state index contributed by atoms with van der Waals surface area (Å²) in [7, 11) is 0. The molecule has 0 aromatic carbocycles. The number of rotatable bonds is 5. The fourth-order valence-electron chi connectivity index (χ4n) is 1.76. The molecule has 1 aromatic heterocycles. The van der Waals surface area contributed by atoms with Gasteiger partial charge in [0.05, 0.1) is 6.54 Å².